The van der Waals surface area contributed by atoms with Crippen LogP contribution in [0.4, 0.5) is 0 Å². The normalized spacial score (nSPS) is 29.8. The Bertz CT molecular complexity index is 287. The van der Waals surface area contributed by atoms with Gasteiger partial charge in [-0.15, -0.1) is 0 Å². The molecule has 2 unspecified atom stereocenters. The van der Waals surface area contributed by atoms with Crippen molar-refractivity contribution in [1.82, 2.24) is 10.2 Å². The van der Waals surface area contributed by atoms with Crippen molar-refractivity contribution in [2.75, 3.05) is 26.7 Å². The molecular weight excluding hydrogens is 208 g/mol. The molecule has 90 valence electrons. The van der Waals surface area contributed by atoms with E-state index in [9.17, 15) is 9.59 Å². The van der Waals surface area contributed by atoms with Gasteiger partial charge in [-0.3, -0.25) is 9.59 Å². The van der Waals surface area contributed by atoms with Gasteiger partial charge in [-0.05, 0) is 12.8 Å². The largest absolute Gasteiger partial charge is 0.368 e. The lowest BCUT2D eigenvalue weighted by Gasteiger charge is -2.13. The van der Waals surface area contributed by atoms with E-state index in [4.69, 9.17) is 4.74 Å². The molecule has 0 radical (unpaired) electrons. The molecule has 2 atom stereocenters. The molecule has 0 aliphatic carbocycles. The first kappa shape index (κ1) is 11.4. The van der Waals surface area contributed by atoms with Crippen LogP contribution in [0.3, 0.4) is 0 Å². The zero-order chi connectivity index (χ0) is 11.5. The predicted octanol–water partition coefficient (Wildman–Crippen LogP) is -0.240. The fourth-order valence-corrected chi connectivity index (χ4v) is 2.24. The third-order valence-electron chi connectivity index (χ3n) is 3.21. The number of rotatable bonds is 3. The molecule has 0 aromatic rings. The zero-order valence-electron chi connectivity index (χ0n) is 9.57. The Morgan fingerprint density at radius 1 is 1.62 bits per heavy atom. The van der Waals surface area contributed by atoms with Gasteiger partial charge in [0.15, 0.2) is 0 Å². The van der Waals surface area contributed by atoms with Crippen molar-refractivity contribution in [2.24, 2.45) is 5.92 Å². The van der Waals surface area contributed by atoms with E-state index in [1.165, 1.54) is 0 Å². The molecule has 2 heterocycles. The number of carbonyl (C=O) groups is 2. The van der Waals surface area contributed by atoms with Gasteiger partial charge in [-0.1, -0.05) is 0 Å². The number of carbonyl (C=O) groups excluding carboxylic acids is 2. The van der Waals surface area contributed by atoms with Crippen LogP contribution in [0.2, 0.25) is 0 Å². The second-order valence-electron chi connectivity index (χ2n) is 4.59. The minimum absolute atomic E-state index is 0.0282. The van der Waals surface area contributed by atoms with Crippen LogP contribution in [0, 0.1) is 5.92 Å². The summed E-state index contributed by atoms with van der Waals surface area (Å²) in [6.07, 6.45) is 2.05. The van der Waals surface area contributed by atoms with Crippen LogP contribution in [0.25, 0.3) is 0 Å². The molecule has 2 aliphatic heterocycles. The first-order chi connectivity index (χ1) is 7.66. The Morgan fingerprint density at radius 3 is 3.00 bits per heavy atom. The molecule has 2 rings (SSSR count). The van der Waals surface area contributed by atoms with E-state index in [1.807, 2.05) is 0 Å². The number of likely N-dealkylation sites (tertiary alicyclic amines) is 1. The molecule has 16 heavy (non-hydrogen) atoms. The predicted molar refractivity (Wildman–Crippen MR) is 57.7 cm³/mol. The van der Waals surface area contributed by atoms with Crippen molar-refractivity contribution in [3.05, 3.63) is 0 Å². The molecule has 0 aromatic heterocycles. The summed E-state index contributed by atoms with van der Waals surface area (Å²) in [6.45, 7) is 2.00. The first-order valence-electron chi connectivity index (χ1n) is 5.80. The van der Waals surface area contributed by atoms with Crippen molar-refractivity contribution >= 4 is 11.8 Å². The van der Waals surface area contributed by atoms with Crippen molar-refractivity contribution < 1.29 is 14.3 Å². The Labute approximate surface area is 95.1 Å². The topological polar surface area (TPSA) is 58.6 Å². The van der Waals surface area contributed by atoms with Gasteiger partial charge < -0.3 is 15.0 Å². The summed E-state index contributed by atoms with van der Waals surface area (Å²) in [5.74, 6) is 0.388. The molecule has 0 aromatic carbocycles. The molecule has 2 fully saturated rings. The minimum atomic E-state index is -0.269. The number of hydrogen-bond donors (Lipinski definition) is 1. The summed E-state index contributed by atoms with van der Waals surface area (Å²) >= 11 is 0. The number of ether oxygens (including phenoxy) is 1. The lowest BCUT2D eigenvalue weighted by atomic mass is 10.1. The minimum Gasteiger partial charge on any atom is -0.368 e. The summed E-state index contributed by atoms with van der Waals surface area (Å²) in [5, 5.41) is 2.86. The monoisotopic (exact) mass is 226 g/mol. The third kappa shape index (κ3) is 2.52. The van der Waals surface area contributed by atoms with E-state index in [1.54, 1.807) is 11.9 Å². The summed E-state index contributed by atoms with van der Waals surface area (Å²) in [6, 6.07) is 0. The third-order valence-corrected chi connectivity index (χ3v) is 3.21. The van der Waals surface area contributed by atoms with Gasteiger partial charge in [0.05, 0.1) is 0 Å². The van der Waals surface area contributed by atoms with Gasteiger partial charge in [-0.2, -0.15) is 0 Å². The molecule has 0 saturated carbocycles. The lowest BCUT2D eigenvalue weighted by molar-refractivity contribution is -0.130. The Balaban J connectivity index is 1.71. The lowest BCUT2D eigenvalue weighted by Crippen LogP contribution is -2.37. The Hall–Kier alpha value is -1.10. The number of nitrogens with one attached hydrogen (secondary N) is 1. The second kappa shape index (κ2) is 4.82. The molecule has 2 amide bonds. The van der Waals surface area contributed by atoms with Crippen molar-refractivity contribution in [3.8, 4) is 0 Å². The van der Waals surface area contributed by atoms with Crippen molar-refractivity contribution in [3.63, 3.8) is 0 Å². The average Bonchev–Trinajstić information content (AvgIpc) is 2.86. The maximum absolute atomic E-state index is 11.6. The standard InChI is InChI=1S/C11H18N2O3/c1-13-7-8(5-10(13)14)6-12-11(15)9-3-2-4-16-9/h8-9H,2-7H2,1H3,(H,12,15). The maximum atomic E-state index is 11.6. The quantitative estimate of drug-likeness (QED) is 0.722. The second-order valence-corrected chi connectivity index (χ2v) is 4.59. The van der Waals surface area contributed by atoms with Crippen molar-refractivity contribution in [1.29, 1.82) is 0 Å². The Kier molecular flexibility index (Phi) is 3.43. The SMILES string of the molecule is CN1CC(CNC(=O)C2CCCO2)CC1=O. The van der Waals surface area contributed by atoms with Gasteiger partial charge in [0, 0.05) is 39.1 Å². The van der Waals surface area contributed by atoms with E-state index in [2.05, 4.69) is 5.32 Å². The van der Waals surface area contributed by atoms with E-state index in [-0.39, 0.29) is 23.8 Å². The zero-order valence-corrected chi connectivity index (χ0v) is 9.57. The number of nitrogens with zero attached hydrogens (tertiary/aromatic N) is 1. The van der Waals surface area contributed by atoms with Gasteiger partial charge in [0.25, 0.3) is 0 Å². The van der Waals surface area contributed by atoms with Crippen LogP contribution in [-0.4, -0.2) is 49.6 Å². The average molecular weight is 226 g/mol. The fraction of sp³-hybridized carbons (Fsp3) is 0.818. The van der Waals surface area contributed by atoms with E-state index >= 15 is 0 Å². The summed E-state index contributed by atoms with van der Waals surface area (Å²) in [5.41, 5.74) is 0. The van der Waals surface area contributed by atoms with Crippen LogP contribution in [0.15, 0.2) is 0 Å². The molecule has 0 spiro atoms. The molecule has 0 bridgehead atoms. The van der Waals surface area contributed by atoms with E-state index in [0.717, 1.165) is 19.4 Å². The highest BCUT2D eigenvalue weighted by molar-refractivity contribution is 5.81. The molecule has 5 heteroatoms. The molecule has 5 nitrogen and oxygen atoms in total. The van der Waals surface area contributed by atoms with Crippen LogP contribution >= 0.6 is 0 Å². The van der Waals surface area contributed by atoms with Gasteiger partial charge in [-0.25, -0.2) is 0 Å². The smallest absolute Gasteiger partial charge is 0.249 e. The highest BCUT2D eigenvalue weighted by Crippen LogP contribution is 2.16. The van der Waals surface area contributed by atoms with Gasteiger partial charge in [0.2, 0.25) is 11.8 Å². The van der Waals surface area contributed by atoms with Crippen LogP contribution < -0.4 is 5.32 Å². The molecule has 2 saturated heterocycles. The van der Waals surface area contributed by atoms with Gasteiger partial charge in [0.1, 0.15) is 6.10 Å². The summed E-state index contributed by atoms with van der Waals surface area (Å²) < 4.78 is 5.28. The fourth-order valence-electron chi connectivity index (χ4n) is 2.24. The highest BCUT2D eigenvalue weighted by Gasteiger charge is 2.28. The Morgan fingerprint density at radius 2 is 2.44 bits per heavy atom. The van der Waals surface area contributed by atoms with Crippen LogP contribution in [0.5, 0.6) is 0 Å². The summed E-state index contributed by atoms with van der Waals surface area (Å²) in [7, 11) is 1.80. The van der Waals surface area contributed by atoms with Crippen LogP contribution in [0.1, 0.15) is 19.3 Å². The number of amides is 2. The maximum Gasteiger partial charge on any atom is 0.249 e. The van der Waals surface area contributed by atoms with Gasteiger partial charge >= 0.3 is 0 Å². The van der Waals surface area contributed by atoms with E-state index in [0.29, 0.717) is 19.6 Å². The molecular formula is C11H18N2O3. The highest BCUT2D eigenvalue weighted by atomic mass is 16.5. The van der Waals surface area contributed by atoms with Crippen LogP contribution in [-0.2, 0) is 14.3 Å². The summed E-state index contributed by atoms with van der Waals surface area (Å²) in [4.78, 5) is 24.6. The number of hydrogen-bond acceptors (Lipinski definition) is 3. The van der Waals surface area contributed by atoms with Crippen molar-refractivity contribution in [2.45, 2.75) is 25.4 Å². The van der Waals surface area contributed by atoms with E-state index < -0.39 is 0 Å². The molecule has 2 aliphatic rings. The first-order valence-corrected chi connectivity index (χ1v) is 5.80. The molecule has 1 N–H and O–H groups in total.